The first kappa shape index (κ1) is 20.7. The fraction of sp³-hybridized carbons (Fsp3) is 0.423. The molecule has 1 aromatic heterocycles. The maximum atomic E-state index is 13.4. The van der Waals surface area contributed by atoms with Gasteiger partial charge in [0, 0.05) is 37.2 Å². The SMILES string of the molecule is CCN(C(=O)Cn1c(C2CC(=O)N(C3CCCC3)C2)nc2ccccc21)c1ccccc1. The molecule has 0 radical (unpaired) electrons. The van der Waals surface area contributed by atoms with Crippen LogP contribution in [-0.2, 0) is 16.1 Å². The number of fused-ring (bicyclic) bond motifs is 1. The molecule has 1 unspecified atom stereocenters. The van der Waals surface area contributed by atoms with Crippen LogP contribution < -0.4 is 4.90 Å². The first-order valence-corrected chi connectivity index (χ1v) is 11.8. The van der Waals surface area contributed by atoms with Crippen molar-refractivity contribution in [1.82, 2.24) is 14.5 Å². The second kappa shape index (κ2) is 8.77. The van der Waals surface area contributed by atoms with Crippen molar-refractivity contribution >= 4 is 28.5 Å². The predicted molar refractivity (Wildman–Crippen MR) is 126 cm³/mol. The highest BCUT2D eigenvalue weighted by Crippen LogP contribution is 2.35. The Morgan fingerprint density at radius 1 is 1.06 bits per heavy atom. The third-order valence-corrected chi connectivity index (χ3v) is 6.95. The largest absolute Gasteiger partial charge is 0.339 e. The summed E-state index contributed by atoms with van der Waals surface area (Å²) in [5.74, 6) is 1.14. The van der Waals surface area contributed by atoms with Gasteiger partial charge in [-0.3, -0.25) is 9.59 Å². The lowest BCUT2D eigenvalue weighted by Crippen LogP contribution is -2.35. The molecule has 0 N–H and O–H groups in total. The molecule has 1 saturated heterocycles. The van der Waals surface area contributed by atoms with E-state index >= 15 is 0 Å². The Hall–Kier alpha value is -3.15. The molecule has 3 aromatic rings. The average molecular weight is 431 g/mol. The molecule has 2 fully saturated rings. The lowest BCUT2D eigenvalue weighted by Gasteiger charge is -2.24. The van der Waals surface area contributed by atoms with Gasteiger partial charge in [-0.25, -0.2) is 4.98 Å². The van der Waals surface area contributed by atoms with E-state index < -0.39 is 0 Å². The van der Waals surface area contributed by atoms with Crippen LogP contribution in [0.15, 0.2) is 54.6 Å². The van der Waals surface area contributed by atoms with Gasteiger partial charge in [-0.05, 0) is 44.0 Å². The second-order valence-corrected chi connectivity index (χ2v) is 8.90. The molecule has 5 rings (SSSR count). The normalized spacial score (nSPS) is 19.2. The van der Waals surface area contributed by atoms with Crippen LogP contribution in [0.2, 0.25) is 0 Å². The zero-order valence-corrected chi connectivity index (χ0v) is 18.6. The van der Waals surface area contributed by atoms with Crippen LogP contribution in [0, 0.1) is 0 Å². The van der Waals surface area contributed by atoms with Crippen molar-refractivity contribution in [1.29, 1.82) is 0 Å². The minimum Gasteiger partial charge on any atom is -0.339 e. The number of para-hydroxylation sites is 3. The van der Waals surface area contributed by atoms with Gasteiger partial charge in [0.05, 0.1) is 11.0 Å². The molecule has 2 amide bonds. The first-order chi connectivity index (χ1) is 15.7. The zero-order chi connectivity index (χ0) is 22.1. The summed E-state index contributed by atoms with van der Waals surface area (Å²) in [6.07, 6.45) is 5.10. The molecule has 6 nitrogen and oxygen atoms in total. The van der Waals surface area contributed by atoms with E-state index in [0.29, 0.717) is 25.6 Å². The molecule has 6 heteroatoms. The molecular weight excluding hydrogens is 400 g/mol. The topological polar surface area (TPSA) is 58.4 Å². The molecule has 2 aromatic carbocycles. The Balaban J connectivity index is 1.46. The fourth-order valence-electron chi connectivity index (χ4n) is 5.38. The maximum absolute atomic E-state index is 13.4. The number of amides is 2. The van der Waals surface area contributed by atoms with Gasteiger partial charge in [0.15, 0.2) is 0 Å². The van der Waals surface area contributed by atoms with Crippen LogP contribution >= 0.6 is 0 Å². The van der Waals surface area contributed by atoms with Crippen LogP contribution in [0.1, 0.15) is 50.8 Å². The summed E-state index contributed by atoms with van der Waals surface area (Å²) in [6.45, 7) is 3.51. The first-order valence-electron chi connectivity index (χ1n) is 11.8. The molecule has 0 spiro atoms. The molecule has 0 bridgehead atoms. The number of anilines is 1. The predicted octanol–water partition coefficient (Wildman–Crippen LogP) is 4.35. The van der Waals surface area contributed by atoms with Crippen LogP contribution in [0.25, 0.3) is 11.0 Å². The molecule has 1 saturated carbocycles. The van der Waals surface area contributed by atoms with E-state index in [4.69, 9.17) is 4.98 Å². The standard InChI is InChI=1S/C26H30N4O2/c1-2-28(20-10-4-3-5-11-20)25(32)18-30-23-15-9-8-14-22(23)27-26(30)19-16-24(31)29(17-19)21-12-6-7-13-21/h3-5,8-11,14-15,19,21H,2,6-7,12-13,16-18H2,1H3. The van der Waals surface area contributed by atoms with Gasteiger partial charge in [-0.1, -0.05) is 43.2 Å². The summed E-state index contributed by atoms with van der Waals surface area (Å²) in [5.41, 5.74) is 2.73. The second-order valence-electron chi connectivity index (χ2n) is 8.90. The van der Waals surface area contributed by atoms with Crippen molar-refractivity contribution in [3.05, 3.63) is 60.4 Å². The molecule has 32 heavy (non-hydrogen) atoms. The molecule has 2 aliphatic rings. The number of hydrogen-bond acceptors (Lipinski definition) is 3. The van der Waals surface area contributed by atoms with Gasteiger partial charge in [0.25, 0.3) is 0 Å². The van der Waals surface area contributed by atoms with E-state index in [9.17, 15) is 9.59 Å². The Morgan fingerprint density at radius 2 is 1.78 bits per heavy atom. The van der Waals surface area contributed by atoms with Crippen LogP contribution in [0.4, 0.5) is 5.69 Å². The summed E-state index contributed by atoms with van der Waals surface area (Å²) >= 11 is 0. The Bertz CT molecular complexity index is 1120. The van der Waals surface area contributed by atoms with Crippen LogP contribution in [-0.4, -0.2) is 45.4 Å². The maximum Gasteiger partial charge on any atom is 0.246 e. The number of imidazole rings is 1. The van der Waals surface area contributed by atoms with Crippen molar-refractivity contribution in [2.45, 2.75) is 57.5 Å². The van der Waals surface area contributed by atoms with Crippen molar-refractivity contribution in [3.63, 3.8) is 0 Å². The number of likely N-dealkylation sites (N-methyl/N-ethyl adjacent to an activating group) is 1. The van der Waals surface area contributed by atoms with Gasteiger partial charge in [0.1, 0.15) is 12.4 Å². The van der Waals surface area contributed by atoms with Gasteiger partial charge in [-0.15, -0.1) is 0 Å². The highest BCUT2D eigenvalue weighted by molar-refractivity contribution is 5.94. The molecule has 2 heterocycles. The van der Waals surface area contributed by atoms with Gasteiger partial charge in [0.2, 0.25) is 11.8 Å². The number of rotatable bonds is 6. The Labute approximate surface area is 188 Å². The van der Waals surface area contributed by atoms with Crippen LogP contribution in [0.5, 0.6) is 0 Å². The Kier molecular flexibility index (Phi) is 5.68. The summed E-state index contributed by atoms with van der Waals surface area (Å²) in [7, 11) is 0. The number of aromatic nitrogens is 2. The molecule has 1 atom stereocenters. The van der Waals surface area contributed by atoms with E-state index in [0.717, 1.165) is 35.4 Å². The third-order valence-electron chi connectivity index (χ3n) is 6.95. The summed E-state index contributed by atoms with van der Waals surface area (Å²) in [5, 5.41) is 0. The summed E-state index contributed by atoms with van der Waals surface area (Å²) in [4.78, 5) is 35.0. The van der Waals surface area contributed by atoms with E-state index in [1.54, 1.807) is 0 Å². The number of carbonyl (C=O) groups is 2. The fourth-order valence-corrected chi connectivity index (χ4v) is 5.38. The summed E-state index contributed by atoms with van der Waals surface area (Å²) in [6, 6.07) is 18.1. The van der Waals surface area contributed by atoms with Crippen molar-refractivity contribution < 1.29 is 9.59 Å². The third kappa shape index (κ3) is 3.78. The Morgan fingerprint density at radius 3 is 2.53 bits per heavy atom. The minimum absolute atomic E-state index is 0.0232. The molecule has 1 aliphatic carbocycles. The lowest BCUT2D eigenvalue weighted by atomic mass is 10.1. The van der Waals surface area contributed by atoms with Gasteiger partial charge >= 0.3 is 0 Å². The zero-order valence-electron chi connectivity index (χ0n) is 18.6. The monoisotopic (exact) mass is 430 g/mol. The van der Waals surface area contributed by atoms with E-state index in [2.05, 4.69) is 4.90 Å². The van der Waals surface area contributed by atoms with Crippen molar-refractivity contribution in [3.8, 4) is 0 Å². The van der Waals surface area contributed by atoms with E-state index in [-0.39, 0.29) is 24.3 Å². The van der Waals surface area contributed by atoms with Crippen molar-refractivity contribution in [2.24, 2.45) is 0 Å². The van der Waals surface area contributed by atoms with Crippen LogP contribution in [0.3, 0.4) is 0 Å². The average Bonchev–Trinajstić information content (AvgIpc) is 3.54. The molecule has 166 valence electrons. The van der Waals surface area contributed by atoms with Gasteiger partial charge in [-0.2, -0.15) is 0 Å². The highest BCUT2D eigenvalue weighted by Gasteiger charge is 2.38. The number of benzene rings is 2. The number of nitrogens with zero attached hydrogens (tertiary/aromatic N) is 4. The number of carbonyl (C=O) groups excluding carboxylic acids is 2. The molecular formula is C26H30N4O2. The quantitative estimate of drug-likeness (QED) is 0.584. The van der Waals surface area contributed by atoms with Crippen molar-refractivity contribution in [2.75, 3.05) is 18.0 Å². The van der Waals surface area contributed by atoms with E-state index in [1.807, 2.05) is 71.0 Å². The number of hydrogen-bond donors (Lipinski definition) is 0. The lowest BCUT2D eigenvalue weighted by molar-refractivity contribution is -0.129. The minimum atomic E-state index is 0.0232. The van der Waals surface area contributed by atoms with Gasteiger partial charge < -0.3 is 14.4 Å². The highest BCUT2D eigenvalue weighted by atomic mass is 16.2. The summed E-state index contributed by atoms with van der Waals surface area (Å²) < 4.78 is 2.04. The number of likely N-dealkylation sites (tertiary alicyclic amines) is 1. The van der Waals surface area contributed by atoms with E-state index in [1.165, 1.54) is 12.8 Å². The smallest absolute Gasteiger partial charge is 0.246 e. The molecule has 1 aliphatic heterocycles.